The lowest BCUT2D eigenvalue weighted by atomic mass is 10.5. The van der Waals surface area contributed by atoms with Crippen molar-refractivity contribution in [2.45, 2.75) is 39.9 Å². The second-order valence-corrected chi connectivity index (χ2v) is 2.54. The maximum absolute atomic E-state index is 4.91. The van der Waals surface area contributed by atoms with E-state index < -0.39 is 0 Å². The Morgan fingerprint density at radius 3 is 1.30 bits per heavy atom. The Bertz CT molecular complexity index is 66.1. The van der Waals surface area contributed by atoms with E-state index in [2.05, 4.69) is 11.2 Å². The van der Waals surface area contributed by atoms with Gasteiger partial charge in [-0.15, -0.1) is 11.2 Å². The van der Waals surface area contributed by atoms with Gasteiger partial charge < -0.3 is 0 Å². The van der Waals surface area contributed by atoms with Gasteiger partial charge in [0.2, 0.25) is 0 Å². The van der Waals surface area contributed by atoms with Crippen LogP contribution in [-0.2, 0) is 9.68 Å². The molecular weight excluding hydrogens is 132 g/mol. The summed E-state index contributed by atoms with van der Waals surface area (Å²) in [4.78, 5) is 9.81. The zero-order valence-corrected chi connectivity index (χ0v) is 6.97. The van der Waals surface area contributed by atoms with Crippen LogP contribution in [0.1, 0.15) is 27.7 Å². The molecule has 0 atom stereocenters. The van der Waals surface area contributed by atoms with Gasteiger partial charge in [0.05, 0.1) is 12.2 Å². The summed E-state index contributed by atoms with van der Waals surface area (Å²) < 4.78 is 0. The summed E-state index contributed by atoms with van der Waals surface area (Å²) in [5.41, 5.74) is 4.89. The lowest BCUT2D eigenvalue weighted by Gasteiger charge is -2.11. The van der Waals surface area contributed by atoms with Crippen molar-refractivity contribution in [2.75, 3.05) is 0 Å². The molecule has 0 aliphatic carbocycles. The number of hydrogen-bond acceptors (Lipinski definition) is 4. The summed E-state index contributed by atoms with van der Waals surface area (Å²) in [6, 6.07) is 0. The third kappa shape index (κ3) is 7.84. The van der Waals surface area contributed by atoms with Crippen molar-refractivity contribution < 1.29 is 9.68 Å². The highest BCUT2D eigenvalue weighted by Gasteiger charge is 1.92. The minimum atomic E-state index is 0.142. The third-order valence-electron chi connectivity index (χ3n) is 0.631. The standard InChI is InChI=1S/C6H16N2O2/c1-5(2)9-7-8-10-6(3)4/h5-8H,1-4H3. The molecule has 0 aromatic carbocycles. The van der Waals surface area contributed by atoms with Crippen molar-refractivity contribution in [3.63, 3.8) is 0 Å². The van der Waals surface area contributed by atoms with Crippen molar-refractivity contribution in [1.29, 1.82) is 0 Å². The van der Waals surface area contributed by atoms with Crippen LogP contribution in [0.15, 0.2) is 0 Å². The fraction of sp³-hybridized carbons (Fsp3) is 1.00. The fourth-order valence-corrected chi connectivity index (χ4v) is 0.284. The SMILES string of the molecule is CC(C)ONNOC(C)C. The van der Waals surface area contributed by atoms with Crippen molar-refractivity contribution in [1.82, 2.24) is 11.2 Å². The van der Waals surface area contributed by atoms with Crippen LogP contribution in [0.5, 0.6) is 0 Å². The van der Waals surface area contributed by atoms with Crippen LogP contribution in [0.2, 0.25) is 0 Å². The first-order valence-electron chi connectivity index (χ1n) is 3.44. The van der Waals surface area contributed by atoms with Gasteiger partial charge >= 0.3 is 0 Å². The van der Waals surface area contributed by atoms with Gasteiger partial charge in [-0.1, -0.05) is 0 Å². The van der Waals surface area contributed by atoms with E-state index >= 15 is 0 Å². The zero-order valence-electron chi connectivity index (χ0n) is 6.97. The van der Waals surface area contributed by atoms with E-state index in [9.17, 15) is 0 Å². The van der Waals surface area contributed by atoms with Gasteiger partial charge in [-0.2, -0.15) is 0 Å². The van der Waals surface area contributed by atoms with Gasteiger partial charge in [0, 0.05) is 0 Å². The van der Waals surface area contributed by atoms with Crippen LogP contribution in [-0.4, -0.2) is 12.2 Å². The topological polar surface area (TPSA) is 42.5 Å². The quantitative estimate of drug-likeness (QED) is 0.446. The lowest BCUT2D eigenvalue weighted by molar-refractivity contribution is -0.144. The monoisotopic (exact) mass is 148 g/mol. The number of hydrogen-bond donors (Lipinski definition) is 2. The largest absolute Gasteiger partial charge is 0.282 e. The predicted octanol–water partition coefficient (Wildman–Crippen LogP) is 0.761. The maximum Gasteiger partial charge on any atom is 0.0751 e. The second-order valence-electron chi connectivity index (χ2n) is 2.54. The Labute approximate surface area is 61.8 Å². The molecule has 4 nitrogen and oxygen atoms in total. The van der Waals surface area contributed by atoms with E-state index in [0.29, 0.717) is 0 Å². The molecule has 0 unspecified atom stereocenters. The Hall–Kier alpha value is -0.160. The van der Waals surface area contributed by atoms with Crippen molar-refractivity contribution in [3.8, 4) is 0 Å². The van der Waals surface area contributed by atoms with Gasteiger partial charge in [-0.3, -0.25) is 9.68 Å². The first-order valence-corrected chi connectivity index (χ1v) is 3.44. The summed E-state index contributed by atoms with van der Waals surface area (Å²) in [7, 11) is 0. The Morgan fingerprint density at radius 1 is 0.800 bits per heavy atom. The van der Waals surface area contributed by atoms with Crippen molar-refractivity contribution in [2.24, 2.45) is 0 Å². The molecular formula is C6H16N2O2. The fourth-order valence-electron chi connectivity index (χ4n) is 0.284. The molecule has 0 aromatic heterocycles. The Morgan fingerprint density at radius 2 is 1.10 bits per heavy atom. The first kappa shape index (κ1) is 9.84. The van der Waals surface area contributed by atoms with Crippen LogP contribution >= 0.6 is 0 Å². The van der Waals surface area contributed by atoms with Crippen LogP contribution < -0.4 is 11.2 Å². The molecule has 0 spiro atoms. The highest BCUT2D eigenvalue weighted by molar-refractivity contribution is 4.29. The summed E-state index contributed by atoms with van der Waals surface area (Å²) in [5.74, 6) is 0. The van der Waals surface area contributed by atoms with E-state index in [1.165, 1.54) is 0 Å². The average molecular weight is 148 g/mol. The summed E-state index contributed by atoms with van der Waals surface area (Å²) >= 11 is 0. The summed E-state index contributed by atoms with van der Waals surface area (Å²) in [5, 5.41) is 0. The summed E-state index contributed by atoms with van der Waals surface area (Å²) in [6.45, 7) is 7.68. The molecule has 62 valence electrons. The number of nitrogens with one attached hydrogen (secondary N) is 2. The average Bonchev–Trinajstić information content (AvgIpc) is 1.79. The molecule has 0 saturated heterocycles. The Balaban J connectivity index is 2.91. The van der Waals surface area contributed by atoms with Gasteiger partial charge in [0.15, 0.2) is 0 Å². The van der Waals surface area contributed by atoms with E-state index in [-0.39, 0.29) is 12.2 Å². The molecule has 0 heterocycles. The molecule has 4 heteroatoms. The molecule has 0 fully saturated rings. The van der Waals surface area contributed by atoms with Crippen molar-refractivity contribution >= 4 is 0 Å². The molecule has 0 radical (unpaired) electrons. The Kier molecular flexibility index (Phi) is 5.52. The molecule has 0 aliphatic heterocycles. The van der Waals surface area contributed by atoms with Gasteiger partial charge in [0.25, 0.3) is 0 Å². The first-order chi connectivity index (χ1) is 4.63. The molecule has 0 bridgehead atoms. The molecule has 0 aromatic rings. The van der Waals surface area contributed by atoms with E-state index in [1.807, 2.05) is 27.7 Å². The minimum Gasteiger partial charge on any atom is -0.282 e. The zero-order chi connectivity index (χ0) is 7.98. The van der Waals surface area contributed by atoms with Gasteiger partial charge in [-0.25, -0.2) is 0 Å². The third-order valence-corrected chi connectivity index (χ3v) is 0.631. The van der Waals surface area contributed by atoms with Crippen LogP contribution in [0, 0.1) is 0 Å². The van der Waals surface area contributed by atoms with E-state index in [1.54, 1.807) is 0 Å². The highest BCUT2D eigenvalue weighted by Crippen LogP contribution is 1.82. The number of hydrazine groups is 1. The molecule has 10 heavy (non-hydrogen) atoms. The van der Waals surface area contributed by atoms with E-state index in [4.69, 9.17) is 9.68 Å². The highest BCUT2D eigenvalue weighted by atomic mass is 16.8. The van der Waals surface area contributed by atoms with Crippen molar-refractivity contribution in [3.05, 3.63) is 0 Å². The normalized spacial score (nSPS) is 11.4. The van der Waals surface area contributed by atoms with Crippen LogP contribution in [0.4, 0.5) is 0 Å². The van der Waals surface area contributed by atoms with Gasteiger partial charge in [-0.05, 0) is 27.7 Å². The van der Waals surface area contributed by atoms with Gasteiger partial charge in [0.1, 0.15) is 0 Å². The molecule has 0 aliphatic rings. The van der Waals surface area contributed by atoms with Crippen LogP contribution in [0.3, 0.4) is 0 Å². The molecule has 2 N–H and O–H groups in total. The van der Waals surface area contributed by atoms with Crippen LogP contribution in [0.25, 0.3) is 0 Å². The predicted molar refractivity (Wildman–Crippen MR) is 38.7 cm³/mol. The molecule has 0 amide bonds. The maximum atomic E-state index is 4.91. The second kappa shape index (κ2) is 5.61. The van der Waals surface area contributed by atoms with E-state index in [0.717, 1.165) is 0 Å². The summed E-state index contributed by atoms with van der Waals surface area (Å²) in [6.07, 6.45) is 0.284. The number of rotatable bonds is 5. The molecule has 0 saturated carbocycles. The molecule has 0 rings (SSSR count). The minimum absolute atomic E-state index is 0.142. The lowest BCUT2D eigenvalue weighted by Crippen LogP contribution is -2.36. The smallest absolute Gasteiger partial charge is 0.0751 e.